The molecule has 1 rings (SSSR count). The van der Waals surface area contributed by atoms with Crippen molar-refractivity contribution in [3.63, 3.8) is 0 Å². The molecule has 0 aliphatic rings. The van der Waals surface area contributed by atoms with Crippen LogP contribution in [0.15, 0.2) is 48.6 Å². The van der Waals surface area contributed by atoms with Gasteiger partial charge in [0.25, 0.3) is 0 Å². The predicted octanol–water partition coefficient (Wildman–Crippen LogP) is 8.70. The van der Waals surface area contributed by atoms with Gasteiger partial charge >= 0.3 is 0 Å². The van der Waals surface area contributed by atoms with E-state index in [1.54, 1.807) is 14.2 Å². The zero-order valence-corrected chi connectivity index (χ0v) is 28.5. The fourth-order valence-electron chi connectivity index (χ4n) is 4.00. The Balaban J connectivity index is 3.20. The largest absolute Gasteiger partial charge is 0.497 e. The van der Waals surface area contributed by atoms with Crippen LogP contribution in [0.5, 0.6) is 11.5 Å². The lowest BCUT2D eigenvalue weighted by molar-refractivity contribution is -0.118. The first-order valence-electron chi connectivity index (χ1n) is 13.9. The summed E-state index contributed by atoms with van der Waals surface area (Å²) < 4.78 is 24.2. The Kier molecular flexibility index (Phi) is 13.6. The van der Waals surface area contributed by atoms with Crippen LogP contribution in [0.3, 0.4) is 0 Å². The average Bonchev–Trinajstić information content (AvgIpc) is 2.83. The van der Waals surface area contributed by atoms with Crippen LogP contribution >= 0.6 is 11.8 Å². The molecule has 1 aromatic rings. The van der Waals surface area contributed by atoms with Gasteiger partial charge in [-0.25, -0.2) is 0 Å². The zero-order chi connectivity index (χ0) is 30.2. The maximum Gasteiger partial charge on any atom is 0.194 e. The zero-order valence-electron chi connectivity index (χ0n) is 26.7. The maximum atomic E-state index is 13.4. The van der Waals surface area contributed by atoms with E-state index >= 15 is 0 Å². The standard InChI is InChI=1S/C32H54O5SSi/c1-15-25(36-27-18-16-26(34-11)17-19-27)20-22(2)21-28(35-12)23(3)29(37-39(13,14)32(8,9)10)24(4)30(33)38-31(5,6)7/h15-19,21,23-25,28-29H,1,20H2,2-14H3/b22-21+/t23-,24+,25+,28-,29+/m1/s1. The molecule has 0 aromatic heterocycles. The Morgan fingerprint density at radius 1 is 1.03 bits per heavy atom. The third kappa shape index (κ3) is 11.5. The first-order chi connectivity index (χ1) is 17.8. The molecule has 0 bridgehead atoms. The summed E-state index contributed by atoms with van der Waals surface area (Å²) in [5, 5.41) is 0.183. The smallest absolute Gasteiger partial charge is 0.194 e. The number of hydrogen-bond acceptors (Lipinski definition) is 6. The normalized spacial score (nSPS) is 17.1. The molecule has 0 heterocycles. The van der Waals surface area contributed by atoms with Crippen molar-refractivity contribution >= 4 is 25.2 Å². The third-order valence-electron chi connectivity index (χ3n) is 7.40. The third-order valence-corrected chi connectivity index (χ3v) is 13.1. The first-order valence-corrected chi connectivity index (χ1v) is 17.6. The van der Waals surface area contributed by atoms with Gasteiger partial charge in [0.1, 0.15) is 17.6 Å². The van der Waals surface area contributed by atoms with Gasteiger partial charge in [-0.15, -0.1) is 0 Å². The van der Waals surface area contributed by atoms with Crippen LogP contribution in [0.25, 0.3) is 0 Å². The van der Waals surface area contributed by atoms with E-state index in [1.165, 1.54) is 11.8 Å². The summed E-state index contributed by atoms with van der Waals surface area (Å²) in [6.07, 6.45) is 3.96. The molecule has 0 spiro atoms. The fourth-order valence-corrected chi connectivity index (χ4v) is 6.38. The molecule has 1 aromatic carbocycles. The predicted molar refractivity (Wildman–Crippen MR) is 170 cm³/mol. The van der Waals surface area contributed by atoms with Gasteiger partial charge in [0.05, 0.1) is 25.2 Å². The monoisotopic (exact) mass is 578 g/mol. The molecule has 5 atom stereocenters. The van der Waals surface area contributed by atoms with Crippen LogP contribution in [0, 0.1) is 11.8 Å². The molecule has 5 nitrogen and oxygen atoms in total. The van der Waals surface area contributed by atoms with E-state index in [-0.39, 0.29) is 45.0 Å². The van der Waals surface area contributed by atoms with E-state index in [0.29, 0.717) is 6.42 Å². The van der Waals surface area contributed by atoms with Crippen molar-refractivity contribution in [1.29, 1.82) is 0 Å². The van der Waals surface area contributed by atoms with Crippen LogP contribution in [0.4, 0.5) is 0 Å². The Morgan fingerprint density at radius 3 is 2.00 bits per heavy atom. The number of carbonyl (C=O) groups excluding carboxylic acids is 1. The van der Waals surface area contributed by atoms with Crippen molar-refractivity contribution in [3.05, 3.63) is 48.6 Å². The molecule has 0 aliphatic heterocycles. The number of hydrogen-bond donors (Lipinski definition) is 0. The molecular weight excluding hydrogens is 525 g/mol. The molecule has 0 aliphatic carbocycles. The van der Waals surface area contributed by atoms with Crippen LogP contribution in [0.1, 0.15) is 68.7 Å². The van der Waals surface area contributed by atoms with Crippen molar-refractivity contribution in [3.8, 4) is 11.5 Å². The molecule has 0 fully saturated rings. The lowest BCUT2D eigenvalue weighted by Gasteiger charge is -2.43. The van der Waals surface area contributed by atoms with Crippen LogP contribution in [-0.4, -0.2) is 50.7 Å². The fraction of sp³-hybridized carbons (Fsp3) is 0.656. The van der Waals surface area contributed by atoms with Crippen molar-refractivity contribution in [2.45, 2.75) is 110 Å². The number of thioether (sulfide) groups is 1. The van der Waals surface area contributed by atoms with E-state index in [4.69, 9.17) is 18.6 Å². The Bertz CT molecular complexity index is 943. The second kappa shape index (κ2) is 14.9. The van der Waals surface area contributed by atoms with Gasteiger partial charge in [-0.3, -0.25) is 4.79 Å². The first kappa shape index (κ1) is 35.5. The second-order valence-electron chi connectivity index (χ2n) is 13.0. The quantitative estimate of drug-likeness (QED) is 0.163. The van der Waals surface area contributed by atoms with Crippen LogP contribution in [-0.2, 0) is 14.0 Å². The summed E-state index contributed by atoms with van der Waals surface area (Å²) in [4.78, 5) is 13.4. The number of methoxy groups -OCH3 is 2. The summed E-state index contributed by atoms with van der Waals surface area (Å²) in [6.45, 7) is 27.6. The number of benzene rings is 1. The van der Waals surface area contributed by atoms with E-state index in [1.807, 2.05) is 37.3 Å². The maximum absolute atomic E-state index is 13.4. The van der Waals surface area contributed by atoms with Crippen LogP contribution in [0.2, 0.25) is 18.1 Å². The molecule has 0 unspecified atom stereocenters. The van der Waals surface area contributed by atoms with Crippen molar-refractivity contribution in [2.75, 3.05) is 14.2 Å². The van der Waals surface area contributed by atoms with Gasteiger partial charge in [0, 0.05) is 24.2 Å². The highest BCUT2D eigenvalue weighted by Gasteiger charge is 2.44. The molecule has 0 saturated carbocycles. The minimum Gasteiger partial charge on any atom is -0.497 e. The summed E-state index contributed by atoms with van der Waals surface area (Å²) in [5.74, 6) is 1.23. The topological polar surface area (TPSA) is 54.0 Å². The Labute approximate surface area is 244 Å². The van der Waals surface area contributed by atoms with Gasteiger partial charge in [0.15, 0.2) is 13.4 Å². The lowest BCUT2D eigenvalue weighted by Crippen LogP contribution is -2.50. The number of rotatable bonds is 14. The summed E-state index contributed by atoms with van der Waals surface area (Å²) in [7, 11) is 1.21. The molecular formula is C32H54O5SSi. The van der Waals surface area contributed by atoms with E-state index in [0.717, 1.165) is 17.1 Å². The summed E-state index contributed by atoms with van der Waals surface area (Å²) in [6, 6.07) is 7.55. The highest BCUT2D eigenvalue weighted by Crippen LogP contribution is 2.41. The Morgan fingerprint density at radius 2 is 1.56 bits per heavy atom. The van der Waals surface area contributed by atoms with Crippen molar-refractivity contribution < 1.29 is 23.4 Å². The highest BCUT2D eigenvalue weighted by molar-refractivity contribution is 8.14. The van der Waals surface area contributed by atoms with Gasteiger partial charge in [0.2, 0.25) is 0 Å². The molecule has 222 valence electrons. The van der Waals surface area contributed by atoms with Gasteiger partial charge in [-0.2, -0.15) is 0 Å². The SMILES string of the molecule is C=C[C@@H](C/C(C)=C/[C@@H](OC)[C@@H](C)[C@H](O[Si](C)(C)C(C)(C)C)[C@H](C)C(=O)SC(C)(C)C)Oc1ccc(OC)cc1. The second-order valence-corrected chi connectivity index (χ2v) is 19.6. The Hall–Kier alpha value is -1.54. The molecule has 0 saturated heterocycles. The van der Waals surface area contributed by atoms with Crippen LogP contribution < -0.4 is 9.47 Å². The minimum absolute atomic E-state index is 0.0230. The van der Waals surface area contributed by atoms with E-state index in [9.17, 15) is 4.79 Å². The summed E-state index contributed by atoms with van der Waals surface area (Å²) in [5.41, 5.74) is 1.13. The van der Waals surface area contributed by atoms with Gasteiger partial charge in [-0.1, -0.05) is 91.5 Å². The van der Waals surface area contributed by atoms with Gasteiger partial charge in [-0.05, 0) is 49.3 Å². The number of carbonyl (C=O) groups is 1. The van der Waals surface area contributed by atoms with Crippen molar-refractivity contribution in [1.82, 2.24) is 0 Å². The summed E-state index contributed by atoms with van der Waals surface area (Å²) >= 11 is 1.40. The average molecular weight is 579 g/mol. The molecule has 7 heteroatoms. The molecule has 39 heavy (non-hydrogen) atoms. The molecule has 0 N–H and O–H groups in total. The highest BCUT2D eigenvalue weighted by atomic mass is 32.2. The van der Waals surface area contributed by atoms with Crippen molar-refractivity contribution in [2.24, 2.45) is 11.8 Å². The lowest BCUT2D eigenvalue weighted by atomic mass is 9.88. The minimum atomic E-state index is -2.16. The van der Waals surface area contributed by atoms with E-state index < -0.39 is 8.32 Å². The molecule has 0 amide bonds. The van der Waals surface area contributed by atoms with Gasteiger partial charge < -0.3 is 18.6 Å². The number of ether oxygens (including phenoxy) is 3. The molecule has 0 radical (unpaired) electrons. The van der Waals surface area contributed by atoms with E-state index in [2.05, 4.69) is 81.1 Å².